The van der Waals surface area contributed by atoms with Crippen LogP contribution in [-0.4, -0.2) is 109 Å². The van der Waals surface area contributed by atoms with E-state index in [1.54, 1.807) is 0 Å². The Bertz CT molecular complexity index is 1230. The summed E-state index contributed by atoms with van der Waals surface area (Å²) in [6.07, 6.45) is 10.1. The van der Waals surface area contributed by atoms with Gasteiger partial charge in [0.2, 0.25) is 0 Å². The molecule has 354 valence electrons. The molecule has 60 heavy (non-hydrogen) atoms. The first-order chi connectivity index (χ1) is 28.5. The van der Waals surface area contributed by atoms with Gasteiger partial charge < -0.3 is 44.6 Å². The van der Waals surface area contributed by atoms with Crippen molar-refractivity contribution in [2.24, 2.45) is 0 Å². The number of ketones is 1. The van der Waals surface area contributed by atoms with Crippen LogP contribution in [-0.2, 0) is 46.6 Å². The molecule has 0 aliphatic heterocycles. The molecule has 0 bridgehead atoms. The zero-order chi connectivity index (χ0) is 44.8. The van der Waals surface area contributed by atoms with Gasteiger partial charge in [0.15, 0.2) is 0 Å². The maximum atomic E-state index is 12.9. The summed E-state index contributed by atoms with van der Waals surface area (Å²) in [4.78, 5) is 65.7. The highest BCUT2D eigenvalue weighted by Gasteiger charge is 2.54. The second-order valence-electron chi connectivity index (χ2n) is 16.1. The summed E-state index contributed by atoms with van der Waals surface area (Å²) >= 11 is 0. The molecule has 0 amide bonds. The van der Waals surface area contributed by atoms with Gasteiger partial charge in [-0.25, -0.2) is 9.13 Å². The van der Waals surface area contributed by atoms with Crippen LogP contribution in [0, 0.1) is 0 Å². The predicted molar refractivity (Wildman–Crippen MR) is 223 cm³/mol. The van der Waals surface area contributed by atoms with Crippen LogP contribution >= 0.6 is 15.6 Å². The van der Waals surface area contributed by atoms with Crippen LogP contribution in [0.5, 0.6) is 0 Å². The lowest BCUT2D eigenvalue weighted by atomic mass is 9.85. The van der Waals surface area contributed by atoms with Crippen LogP contribution in [0.2, 0.25) is 0 Å². The van der Waals surface area contributed by atoms with Crippen LogP contribution in [0.3, 0.4) is 0 Å². The number of ether oxygens (including phenoxy) is 2. The smallest absolute Gasteiger partial charge is 0.466 e. The number of Topliss-reactive ketones (excluding diaryl/α,β-unsaturated/α-hetero) is 1. The van der Waals surface area contributed by atoms with E-state index in [9.17, 15) is 48.8 Å². The fourth-order valence-electron chi connectivity index (χ4n) is 7.11. The number of aliphatic hydroxyl groups is 4. The van der Waals surface area contributed by atoms with E-state index in [0.29, 0.717) is 31.5 Å². The topological polar surface area (TPSA) is 273 Å². The van der Waals surface area contributed by atoms with Gasteiger partial charge in [-0.2, -0.15) is 0 Å². The van der Waals surface area contributed by atoms with Gasteiger partial charge in [0, 0.05) is 19.3 Å². The average molecular weight is 905 g/mol. The summed E-state index contributed by atoms with van der Waals surface area (Å²) in [7, 11) is -10.6. The zero-order valence-corrected chi connectivity index (χ0v) is 37.9. The van der Waals surface area contributed by atoms with Gasteiger partial charge in [-0.15, -0.1) is 0 Å². The van der Waals surface area contributed by atoms with Crippen molar-refractivity contribution in [1.82, 2.24) is 0 Å². The van der Waals surface area contributed by atoms with Gasteiger partial charge in [-0.1, -0.05) is 136 Å². The monoisotopic (exact) mass is 904 g/mol. The SMILES string of the molecule is CCCCCCCCCCCCCCCC(=O)O[C@@H](COP(=O)(O)OC1C(O)[C@H](O)C(OP(=O)(O)O)[C@H](O)[C@@H]1O)CC(=O)OCCCCCCCCCCCC(=O)CCC. The van der Waals surface area contributed by atoms with Crippen molar-refractivity contribution in [3.8, 4) is 0 Å². The number of carbonyl (C=O) groups is 3. The second-order valence-corrected chi connectivity index (χ2v) is 18.7. The number of hydrogen-bond donors (Lipinski definition) is 7. The van der Waals surface area contributed by atoms with Gasteiger partial charge >= 0.3 is 27.6 Å². The van der Waals surface area contributed by atoms with E-state index in [0.717, 1.165) is 83.5 Å². The number of rotatable bonds is 38. The molecule has 1 rings (SSSR count). The molecule has 7 N–H and O–H groups in total. The van der Waals surface area contributed by atoms with Crippen molar-refractivity contribution in [3.05, 3.63) is 0 Å². The summed E-state index contributed by atoms with van der Waals surface area (Å²) in [5.41, 5.74) is 0. The molecule has 17 nitrogen and oxygen atoms in total. The third kappa shape index (κ3) is 27.7. The van der Waals surface area contributed by atoms with Crippen molar-refractivity contribution in [2.75, 3.05) is 13.2 Å². The molecular formula is C41H78O17P2. The summed E-state index contributed by atoms with van der Waals surface area (Å²) in [6.45, 7) is 3.48. The van der Waals surface area contributed by atoms with Crippen molar-refractivity contribution < 1.29 is 81.7 Å². The van der Waals surface area contributed by atoms with Crippen molar-refractivity contribution in [3.63, 3.8) is 0 Å². The van der Waals surface area contributed by atoms with Crippen LogP contribution < -0.4 is 0 Å². The van der Waals surface area contributed by atoms with Crippen molar-refractivity contribution >= 4 is 33.4 Å². The standard InChI is InChI=1S/C41H78O17P2/c1-3-5-6-7-8-9-10-11-12-15-18-21-24-28-34(43)56-33(30-35(44)54-29-25-22-19-16-13-14-17-20-23-27-32(42)26-4-2)31-55-60(52,53)58-41-38(47)36(45)40(37(46)39(41)48)57-59(49,50)51/h33,36-41,45-48H,3-31H2,1-2H3,(H,52,53)(H2,49,50,51)/t33-,36-,37+,38+,39?,40?,41?/m1/s1. The Morgan fingerprint density at radius 2 is 0.933 bits per heavy atom. The normalized spacial score (nSPS) is 22.3. The Hall–Kier alpha value is -1.33. The third-order valence-electron chi connectivity index (χ3n) is 10.6. The molecule has 0 saturated heterocycles. The number of phosphoric acid groups is 2. The molecule has 0 aromatic heterocycles. The quantitative estimate of drug-likeness (QED) is 0.0186. The first-order valence-electron chi connectivity index (χ1n) is 22.5. The fourth-order valence-corrected chi connectivity index (χ4v) is 8.65. The highest BCUT2D eigenvalue weighted by molar-refractivity contribution is 7.47. The number of hydrogen-bond acceptors (Lipinski definition) is 14. The molecule has 0 radical (unpaired) electrons. The number of carbonyl (C=O) groups excluding carboxylic acids is 3. The number of aliphatic hydroxyl groups excluding tert-OH is 4. The molecule has 0 aromatic carbocycles. The van der Waals surface area contributed by atoms with Crippen LogP contribution in [0.15, 0.2) is 0 Å². The van der Waals surface area contributed by atoms with Gasteiger partial charge in [-0.05, 0) is 25.7 Å². The molecule has 1 aliphatic carbocycles. The lowest BCUT2D eigenvalue weighted by Gasteiger charge is -2.43. The first kappa shape index (κ1) is 56.7. The molecule has 1 fully saturated rings. The molecule has 8 atom stereocenters. The van der Waals surface area contributed by atoms with E-state index in [2.05, 4.69) is 11.4 Å². The minimum Gasteiger partial charge on any atom is -0.466 e. The molecule has 0 heterocycles. The van der Waals surface area contributed by atoms with Crippen LogP contribution in [0.1, 0.15) is 187 Å². The minimum atomic E-state index is -5.31. The highest BCUT2D eigenvalue weighted by Crippen LogP contribution is 2.48. The number of unbranched alkanes of at least 4 members (excludes halogenated alkanes) is 20. The van der Waals surface area contributed by atoms with Crippen LogP contribution in [0.4, 0.5) is 0 Å². The largest absolute Gasteiger partial charge is 0.472 e. The van der Waals surface area contributed by atoms with Gasteiger partial charge in [0.05, 0.1) is 19.6 Å². The molecule has 0 aromatic rings. The minimum absolute atomic E-state index is 0.0311. The van der Waals surface area contributed by atoms with Crippen molar-refractivity contribution in [2.45, 2.75) is 230 Å². The van der Waals surface area contributed by atoms with Crippen molar-refractivity contribution in [1.29, 1.82) is 0 Å². The Morgan fingerprint density at radius 3 is 1.38 bits per heavy atom. The maximum Gasteiger partial charge on any atom is 0.472 e. The van der Waals surface area contributed by atoms with Gasteiger partial charge in [0.25, 0.3) is 0 Å². The number of esters is 2. The maximum absolute atomic E-state index is 12.9. The summed E-state index contributed by atoms with van der Waals surface area (Å²) < 4.78 is 49.0. The van der Waals surface area contributed by atoms with E-state index < -0.39 is 83.3 Å². The molecular weight excluding hydrogens is 826 g/mol. The fraction of sp³-hybridized carbons (Fsp3) is 0.927. The molecule has 0 spiro atoms. The summed E-state index contributed by atoms with van der Waals surface area (Å²) in [5, 5.41) is 41.4. The van der Waals surface area contributed by atoms with E-state index in [4.69, 9.17) is 28.3 Å². The molecule has 19 heteroatoms. The summed E-state index contributed by atoms with van der Waals surface area (Å²) in [6, 6.07) is 0. The second kappa shape index (κ2) is 33.2. The Labute approximate surface area is 357 Å². The molecule has 4 unspecified atom stereocenters. The van der Waals surface area contributed by atoms with Gasteiger partial charge in [0.1, 0.15) is 48.5 Å². The van der Waals surface area contributed by atoms with E-state index >= 15 is 0 Å². The van der Waals surface area contributed by atoms with E-state index in [1.807, 2.05) is 6.92 Å². The zero-order valence-electron chi connectivity index (χ0n) is 36.2. The van der Waals surface area contributed by atoms with E-state index in [1.165, 1.54) is 51.4 Å². The Morgan fingerprint density at radius 1 is 0.517 bits per heavy atom. The first-order valence-corrected chi connectivity index (χ1v) is 25.5. The predicted octanol–water partition coefficient (Wildman–Crippen LogP) is 7.02. The Kier molecular flexibility index (Phi) is 31.4. The lowest BCUT2D eigenvalue weighted by molar-refractivity contribution is -0.216. The highest BCUT2D eigenvalue weighted by atomic mass is 31.2. The van der Waals surface area contributed by atoms with E-state index in [-0.39, 0.29) is 13.0 Å². The Balaban J connectivity index is 2.60. The van der Waals surface area contributed by atoms with Gasteiger partial charge in [-0.3, -0.25) is 28.0 Å². The molecule has 1 saturated carbocycles. The molecule has 1 aliphatic rings. The summed E-state index contributed by atoms with van der Waals surface area (Å²) in [5.74, 6) is -1.08. The number of phosphoric ester groups is 2. The third-order valence-corrected chi connectivity index (χ3v) is 12.1. The van der Waals surface area contributed by atoms with Crippen LogP contribution in [0.25, 0.3) is 0 Å². The average Bonchev–Trinajstić information content (AvgIpc) is 3.18. The lowest BCUT2D eigenvalue weighted by Crippen LogP contribution is -2.64.